The second-order valence-electron chi connectivity index (χ2n) is 7.51. The van der Waals surface area contributed by atoms with E-state index in [0.29, 0.717) is 18.9 Å². The molecule has 4 rings (SSSR count). The number of anilines is 2. The standard InChI is InChI=1S/C22H25N5O2/c1-15-7-9-16(10-8-15)23-22(29)24-17-11-13-27(14-12-17)20-21(28)26(2)19-6-4-3-5-18(19)25-20/h3-10,17H,11-14H2,1-2H3,(H2,23,24,29). The number of fused-ring (bicyclic) bond motifs is 1. The zero-order chi connectivity index (χ0) is 20.4. The van der Waals surface area contributed by atoms with E-state index in [9.17, 15) is 9.59 Å². The lowest BCUT2D eigenvalue weighted by atomic mass is 10.1. The summed E-state index contributed by atoms with van der Waals surface area (Å²) in [6, 6.07) is 15.2. The van der Waals surface area contributed by atoms with Crippen molar-refractivity contribution in [2.45, 2.75) is 25.8 Å². The minimum absolute atomic E-state index is 0.0704. The van der Waals surface area contributed by atoms with Gasteiger partial charge in [0.2, 0.25) is 0 Å². The Morgan fingerprint density at radius 3 is 2.48 bits per heavy atom. The molecule has 0 unspecified atom stereocenters. The molecule has 0 bridgehead atoms. The van der Waals surface area contributed by atoms with E-state index in [4.69, 9.17) is 0 Å². The quantitative estimate of drug-likeness (QED) is 0.719. The molecule has 1 aromatic heterocycles. The first-order valence-corrected chi connectivity index (χ1v) is 9.86. The molecule has 0 radical (unpaired) electrons. The third kappa shape index (κ3) is 4.08. The molecule has 1 aliphatic heterocycles. The van der Waals surface area contributed by atoms with Crippen molar-refractivity contribution in [1.82, 2.24) is 14.9 Å². The first-order valence-electron chi connectivity index (χ1n) is 9.86. The Morgan fingerprint density at radius 1 is 1.07 bits per heavy atom. The molecule has 7 heteroatoms. The van der Waals surface area contributed by atoms with E-state index in [1.165, 1.54) is 0 Å². The first-order chi connectivity index (χ1) is 14.0. The highest BCUT2D eigenvalue weighted by Gasteiger charge is 2.24. The minimum atomic E-state index is -0.202. The van der Waals surface area contributed by atoms with Crippen molar-refractivity contribution in [1.29, 1.82) is 0 Å². The molecule has 0 spiro atoms. The van der Waals surface area contributed by atoms with Gasteiger partial charge in [0.05, 0.1) is 11.0 Å². The van der Waals surface area contributed by atoms with Crippen molar-refractivity contribution in [2.24, 2.45) is 7.05 Å². The average molecular weight is 391 g/mol. The molecule has 1 aliphatic rings. The smallest absolute Gasteiger partial charge is 0.319 e. The lowest BCUT2D eigenvalue weighted by Crippen LogP contribution is -2.47. The summed E-state index contributed by atoms with van der Waals surface area (Å²) in [5.74, 6) is 0.480. The molecule has 29 heavy (non-hydrogen) atoms. The third-order valence-corrected chi connectivity index (χ3v) is 5.40. The Kier molecular flexibility index (Phi) is 5.20. The van der Waals surface area contributed by atoms with Crippen molar-refractivity contribution in [3.8, 4) is 0 Å². The van der Waals surface area contributed by atoms with Crippen LogP contribution in [0.3, 0.4) is 0 Å². The molecular formula is C22H25N5O2. The summed E-state index contributed by atoms with van der Waals surface area (Å²) in [6.07, 6.45) is 1.53. The van der Waals surface area contributed by atoms with E-state index < -0.39 is 0 Å². The van der Waals surface area contributed by atoms with Crippen LogP contribution in [-0.2, 0) is 7.05 Å². The van der Waals surface area contributed by atoms with E-state index in [2.05, 4.69) is 15.6 Å². The number of hydrogen-bond donors (Lipinski definition) is 2. The van der Waals surface area contributed by atoms with Gasteiger partial charge in [-0.3, -0.25) is 4.79 Å². The lowest BCUT2D eigenvalue weighted by Gasteiger charge is -2.33. The summed E-state index contributed by atoms with van der Waals surface area (Å²) in [6.45, 7) is 3.36. The molecule has 2 N–H and O–H groups in total. The minimum Gasteiger partial charge on any atom is -0.352 e. The zero-order valence-corrected chi connectivity index (χ0v) is 16.7. The molecule has 1 saturated heterocycles. The van der Waals surface area contributed by atoms with E-state index in [-0.39, 0.29) is 17.6 Å². The molecule has 2 heterocycles. The van der Waals surface area contributed by atoms with E-state index >= 15 is 0 Å². The number of nitrogens with zero attached hydrogens (tertiary/aromatic N) is 3. The van der Waals surface area contributed by atoms with Crippen LogP contribution in [0.4, 0.5) is 16.3 Å². The predicted octanol–water partition coefficient (Wildman–Crippen LogP) is 3.03. The van der Waals surface area contributed by atoms with E-state index in [1.54, 1.807) is 11.6 Å². The molecule has 0 aliphatic carbocycles. The van der Waals surface area contributed by atoms with Crippen LogP contribution in [0.5, 0.6) is 0 Å². The summed E-state index contributed by atoms with van der Waals surface area (Å²) < 4.78 is 1.65. The molecule has 150 valence electrons. The fourth-order valence-electron chi connectivity index (χ4n) is 3.69. The second kappa shape index (κ2) is 7.95. The topological polar surface area (TPSA) is 79.3 Å². The van der Waals surface area contributed by atoms with Gasteiger partial charge in [0.25, 0.3) is 5.56 Å². The fourth-order valence-corrected chi connectivity index (χ4v) is 3.69. The molecular weight excluding hydrogens is 366 g/mol. The van der Waals surface area contributed by atoms with Crippen LogP contribution in [-0.4, -0.2) is 34.7 Å². The lowest BCUT2D eigenvalue weighted by molar-refractivity contribution is 0.246. The highest BCUT2D eigenvalue weighted by atomic mass is 16.2. The maximum absolute atomic E-state index is 12.7. The number of aryl methyl sites for hydroxylation is 2. The summed E-state index contributed by atoms with van der Waals surface area (Å²) in [7, 11) is 1.78. The number of aromatic nitrogens is 2. The molecule has 2 aromatic carbocycles. The number of carbonyl (C=O) groups is 1. The Labute approximate surface area is 169 Å². The van der Waals surface area contributed by atoms with Crippen molar-refractivity contribution in [3.63, 3.8) is 0 Å². The molecule has 0 saturated carbocycles. The molecule has 2 amide bonds. The number of para-hydroxylation sites is 2. The normalized spacial score (nSPS) is 14.8. The summed E-state index contributed by atoms with van der Waals surface area (Å²) in [4.78, 5) is 31.6. The van der Waals surface area contributed by atoms with Crippen LogP contribution in [0, 0.1) is 6.92 Å². The molecule has 1 fully saturated rings. The second-order valence-corrected chi connectivity index (χ2v) is 7.51. The summed E-state index contributed by atoms with van der Waals surface area (Å²) in [5.41, 5.74) is 3.46. The monoisotopic (exact) mass is 391 g/mol. The number of piperidine rings is 1. The van der Waals surface area contributed by atoms with Crippen molar-refractivity contribution in [3.05, 3.63) is 64.4 Å². The largest absolute Gasteiger partial charge is 0.352 e. The number of carbonyl (C=O) groups excluding carboxylic acids is 1. The zero-order valence-electron chi connectivity index (χ0n) is 16.7. The predicted molar refractivity (Wildman–Crippen MR) is 116 cm³/mol. The van der Waals surface area contributed by atoms with Gasteiger partial charge < -0.3 is 20.1 Å². The SMILES string of the molecule is Cc1ccc(NC(=O)NC2CCN(c3nc4ccccc4n(C)c3=O)CC2)cc1. The Bertz CT molecular complexity index is 1080. The number of rotatable bonds is 3. The van der Waals surface area contributed by atoms with Gasteiger partial charge in [0, 0.05) is 31.9 Å². The van der Waals surface area contributed by atoms with Gasteiger partial charge in [-0.25, -0.2) is 9.78 Å². The van der Waals surface area contributed by atoms with Gasteiger partial charge in [0.15, 0.2) is 5.82 Å². The Balaban J connectivity index is 1.39. The number of amides is 2. The summed E-state index contributed by atoms with van der Waals surface area (Å²) in [5, 5.41) is 5.90. The van der Waals surface area contributed by atoms with Crippen LogP contribution < -0.4 is 21.1 Å². The molecule has 3 aromatic rings. The van der Waals surface area contributed by atoms with Gasteiger partial charge in [0.1, 0.15) is 0 Å². The number of urea groups is 1. The van der Waals surface area contributed by atoms with Gasteiger partial charge in [-0.15, -0.1) is 0 Å². The van der Waals surface area contributed by atoms with Crippen molar-refractivity contribution in [2.75, 3.05) is 23.3 Å². The van der Waals surface area contributed by atoms with Crippen LogP contribution in [0.15, 0.2) is 53.3 Å². The van der Waals surface area contributed by atoms with Gasteiger partial charge in [-0.2, -0.15) is 0 Å². The van der Waals surface area contributed by atoms with E-state index in [1.807, 2.05) is 60.4 Å². The number of hydrogen-bond acceptors (Lipinski definition) is 4. The fraction of sp³-hybridized carbons (Fsp3) is 0.318. The maximum atomic E-state index is 12.7. The van der Waals surface area contributed by atoms with Crippen LogP contribution in [0.2, 0.25) is 0 Å². The Morgan fingerprint density at radius 2 is 1.76 bits per heavy atom. The van der Waals surface area contributed by atoms with Gasteiger partial charge >= 0.3 is 6.03 Å². The first kappa shape index (κ1) is 19.0. The van der Waals surface area contributed by atoms with Crippen LogP contribution in [0.1, 0.15) is 18.4 Å². The Hall–Kier alpha value is -3.35. The average Bonchev–Trinajstić information content (AvgIpc) is 2.73. The maximum Gasteiger partial charge on any atom is 0.319 e. The molecule has 0 atom stereocenters. The summed E-state index contributed by atoms with van der Waals surface area (Å²) >= 11 is 0. The third-order valence-electron chi connectivity index (χ3n) is 5.40. The highest BCUT2D eigenvalue weighted by Crippen LogP contribution is 2.18. The highest BCUT2D eigenvalue weighted by molar-refractivity contribution is 5.89. The van der Waals surface area contributed by atoms with Crippen molar-refractivity contribution < 1.29 is 4.79 Å². The number of benzene rings is 2. The number of nitrogens with one attached hydrogen (secondary N) is 2. The van der Waals surface area contributed by atoms with Gasteiger partial charge in [-0.1, -0.05) is 29.8 Å². The molecule has 7 nitrogen and oxygen atoms in total. The van der Waals surface area contributed by atoms with Crippen LogP contribution >= 0.6 is 0 Å². The van der Waals surface area contributed by atoms with Crippen molar-refractivity contribution >= 4 is 28.6 Å². The van der Waals surface area contributed by atoms with Crippen LogP contribution in [0.25, 0.3) is 11.0 Å². The van der Waals surface area contributed by atoms with Gasteiger partial charge in [-0.05, 0) is 44.0 Å². The van der Waals surface area contributed by atoms with E-state index in [0.717, 1.165) is 35.1 Å².